The van der Waals surface area contributed by atoms with Crippen molar-refractivity contribution < 1.29 is 23.4 Å². The lowest BCUT2D eigenvalue weighted by Gasteiger charge is -2.14. The molecule has 0 unspecified atom stereocenters. The highest BCUT2D eigenvalue weighted by Gasteiger charge is 2.17. The van der Waals surface area contributed by atoms with Crippen molar-refractivity contribution >= 4 is 22.8 Å². The number of hydrogen-bond donors (Lipinski definition) is 2. The van der Waals surface area contributed by atoms with E-state index in [1.54, 1.807) is 35.1 Å². The molecule has 0 aliphatic heterocycles. The number of aromatic nitrogens is 4. The number of carbonyl (C=O) groups is 1. The van der Waals surface area contributed by atoms with Crippen molar-refractivity contribution in [2.45, 2.75) is 13.1 Å². The second-order valence-corrected chi connectivity index (χ2v) is 7.48. The first kappa shape index (κ1) is 23.7. The molecule has 0 spiro atoms. The minimum atomic E-state index is -0.294. The van der Waals surface area contributed by atoms with E-state index < -0.39 is 0 Å². The zero-order valence-electron chi connectivity index (χ0n) is 19.5. The SMILES string of the molecule is COc1cc(C(=O)NCCn2ncc3c(NCc4ccc(F)cc4)ncnc32)cc(OC)c1OC. The van der Waals surface area contributed by atoms with E-state index in [0.29, 0.717) is 53.9 Å². The molecule has 0 fully saturated rings. The number of ether oxygens (including phenoxy) is 3. The normalized spacial score (nSPS) is 10.7. The summed E-state index contributed by atoms with van der Waals surface area (Å²) >= 11 is 0. The van der Waals surface area contributed by atoms with Crippen molar-refractivity contribution in [3.63, 3.8) is 0 Å². The summed E-state index contributed by atoms with van der Waals surface area (Å²) in [6.07, 6.45) is 3.12. The number of anilines is 1. The minimum Gasteiger partial charge on any atom is -0.493 e. The molecule has 35 heavy (non-hydrogen) atoms. The Bertz CT molecular complexity index is 1300. The monoisotopic (exact) mass is 480 g/mol. The molecule has 0 aliphatic rings. The Morgan fingerprint density at radius 2 is 1.74 bits per heavy atom. The molecular weight excluding hydrogens is 455 g/mol. The van der Waals surface area contributed by atoms with Gasteiger partial charge in [-0.25, -0.2) is 19.0 Å². The van der Waals surface area contributed by atoms with Gasteiger partial charge in [-0.3, -0.25) is 4.79 Å². The molecular formula is C24H25FN6O4. The van der Waals surface area contributed by atoms with Gasteiger partial charge in [-0.15, -0.1) is 0 Å². The molecule has 0 radical (unpaired) electrons. The highest BCUT2D eigenvalue weighted by molar-refractivity contribution is 5.95. The topological polar surface area (TPSA) is 112 Å². The van der Waals surface area contributed by atoms with Crippen LogP contribution >= 0.6 is 0 Å². The smallest absolute Gasteiger partial charge is 0.251 e. The molecule has 2 N–H and O–H groups in total. The fraction of sp³-hybridized carbons (Fsp3) is 0.250. The van der Waals surface area contributed by atoms with Crippen LogP contribution < -0.4 is 24.8 Å². The van der Waals surface area contributed by atoms with Crippen LogP contribution in [-0.4, -0.2) is 53.5 Å². The van der Waals surface area contributed by atoms with E-state index in [-0.39, 0.29) is 11.7 Å². The Labute approximate surface area is 201 Å². The van der Waals surface area contributed by atoms with Gasteiger partial charge in [-0.1, -0.05) is 12.1 Å². The highest BCUT2D eigenvalue weighted by atomic mass is 19.1. The summed E-state index contributed by atoms with van der Waals surface area (Å²) in [7, 11) is 4.49. The third-order valence-electron chi connectivity index (χ3n) is 5.34. The molecule has 0 aliphatic carbocycles. The Hall–Kier alpha value is -4.41. The molecule has 11 heteroatoms. The van der Waals surface area contributed by atoms with Gasteiger partial charge in [0, 0.05) is 18.7 Å². The van der Waals surface area contributed by atoms with Gasteiger partial charge in [-0.2, -0.15) is 5.10 Å². The molecule has 10 nitrogen and oxygen atoms in total. The standard InChI is InChI=1S/C24H25FN6O4/c1-33-19-10-16(11-20(34-2)21(19)35-3)24(32)26-8-9-31-23-18(13-30-31)22(28-14-29-23)27-12-15-4-6-17(25)7-5-15/h4-7,10-11,13-14H,8-9,12H2,1-3H3,(H,26,32)(H,27,28,29). The molecule has 2 aromatic heterocycles. The number of halogens is 1. The molecule has 0 saturated carbocycles. The first-order chi connectivity index (χ1) is 17.0. The van der Waals surface area contributed by atoms with E-state index in [9.17, 15) is 9.18 Å². The van der Waals surface area contributed by atoms with Gasteiger partial charge in [0.1, 0.15) is 18.0 Å². The number of nitrogens with one attached hydrogen (secondary N) is 2. The molecule has 0 atom stereocenters. The van der Waals surface area contributed by atoms with E-state index in [2.05, 4.69) is 25.7 Å². The molecule has 2 heterocycles. The number of methoxy groups -OCH3 is 3. The zero-order chi connectivity index (χ0) is 24.8. The summed E-state index contributed by atoms with van der Waals surface area (Å²) in [5.41, 5.74) is 1.92. The summed E-state index contributed by atoms with van der Waals surface area (Å²) in [5.74, 6) is 1.25. The first-order valence-corrected chi connectivity index (χ1v) is 10.8. The quantitative estimate of drug-likeness (QED) is 0.356. The lowest BCUT2D eigenvalue weighted by molar-refractivity contribution is 0.0951. The van der Waals surface area contributed by atoms with Crippen LogP contribution in [0.5, 0.6) is 17.2 Å². The summed E-state index contributed by atoms with van der Waals surface area (Å²) in [4.78, 5) is 21.3. The van der Waals surface area contributed by atoms with Crippen LogP contribution in [0.3, 0.4) is 0 Å². The van der Waals surface area contributed by atoms with Crippen LogP contribution in [0, 0.1) is 5.82 Å². The van der Waals surface area contributed by atoms with Crippen LogP contribution in [0.25, 0.3) is 11.0 Å². The summed E-state index contributed by atoms with van der Waals surface area (Å²) in [6, 6.07) is 9.42. The average Bonchev–Trinajstić information content (AvgIpc) is 3.31. The van der Waals surface area contributed by atoms with Crippen LogP contribution in [0.15, 0.2) is 48.9 Å². The third kappa shape index (κ3) is 5.24. The maximum Gasteiger partial charge on any atom is 0.251 e. The average molecular weight is 481 g/mol. The summed E-state index contributed by atoms with van der Waals surface area (Å²) in [6.45, 7) is 1.19. The van der Waals surface area contributed by atoms with Gasteiger partial charge in [0.2, 0.25) is 5.75 Å². The molecule has 0 bridgehead atoms. The van der Waals surface area contributed by atoms with Crippen molar-refractivity contribution in [2.75, 3.05) is 33.2 Å². The predicted molar refractivity (Wildman–Crippen MR) is 127 cm³/mol. The summed E-state index contributed by atoms with van der Waals surface area (Å²) in [5, 5.41) is 11.2. The van der Waals surface area contributed by atoms with Crippen molar-refractivity contribution in [2.24, 2.45) is 0 Å². The van der Waals surface area contributed by atoms with Crippen molar-refractivity contribution in [3.8, 4) is 17.2 Å². The van der Waals surface area contributed by atoms with Crippen LogP contribution in [0.4, 0.5) is 10.2 Å². The molecule has 4 aromatic rings. The van der Waals surface area contributed by atoms with Crippen molar-refractivity contribution in [1.29, 1.82) is 0 Å². The summed E-state index contributed by atoms with van der Waals surface area (Å²) < 4.78 is 30.7. The van der Waals surface area contributed by atoms with Crippen LogP contribution in [-0.2, 0) is 13.1 Å². The lowest BCUT2D eigenvalue weighted by Crippen LogP contribution is -2.27. The maximum atomic E-state index is 13.1. The van der Waals surface area contributed by atoms with E-state index >= 15 is 0 Å². The Kier molecular flexibility index (Phi) is 7.24. The first-order valence-electron chi connectivity index (χ1n) is 10.8. The van der Waals surface area contributed by atoms with Crippen LogP contribution in [0.2, 0.25) is 0 Å². The number of benzene rings is 2. The van der Waals surface area contributed by atoms with Gasteiger partial charge in [-0.05, 0) is 29.8 Å². The van der Waals surface area contributed by atoms with Crippen molar-refractivity contribution in [1.82, 2.24) is 25.1 Å². The van der Waals surface area contributed by atoms with E-state index in [1.807, 2.05) is 0 Å². The number of nitrogens with zero attached hydrogens (tertiary/aromatic N) is 4. The molecule has 1 amide bonds. The predicted octanol–water partition coefficient (Wildman–Crippen LogP) is 3.03. The minimum absolute atomic E-state index is 0.281. The number of hydrogen-bond acceptors (Lipinski definition) is 8. The fourth-order valence-electron chi connectivity index (χ4n) is 3.58. The van der Waals surface area contributed by atoms with E-state index in [1.165, 1.54) is 39.8 Å². The van der Waals surface area contributed by atoms with Gasteiger partial charge < -0.3 is 24.8 Å². The van der Waals surface area contributed by atoms with Gasteiger partial charge in [0.25, 0.3) is 5.91 Å². The lowest BCUT2D eigenvalue weighted by atomic mass is 10.1. The maximum absolute atomic E-state index is 13.1. The second kappa shape index (κ2) is 10.7. The third-order valence-corrected chi connectivity index (χ3v) is 5.34. The Morgan fingerprint density at radius 1 is 1.03 bits per heavy atom. The highest BCUT2D eigenvalue weighted by Crippen LogP contribution is 2.38. The number of fused-ring (bicyclic) bond motifs is 1. The van der Waals surface area contributed by atoms with Gasteiger partial charge in [0.05, 0.1) is 39.5 Å². The molecule has 182 valence electrons. The van der Waals surface area contributed by atoms with Crippen molar-refractivity contribution in [3.05, 3.63) is 65.9 Å². The molecule has 0 saturated heterocycles. The Morgan fingerprint density at radius 3 is 2.40 bits per heavy atom. The van der Waals surface area contributed by atoms with E-state index in [0.717, 1.165) is 10.9 Å². The number of carbonyl (C=O) groups excluding carboxylic acids is 1. The Balaban J connectivity index is 1.41. The fourth-order valence-corrected chi connectivity index (χ4v) is 3.58. The molecule has 4 rings (SSSR count). The number of amides is 1. The number of rotatable bonds is 10. The largest absolute Gasteiger partial charge is 0.493 e. The second-order valence-electron chi connectivity index (χ2n) is 7.48. The molecule has 2 aromatic carbocycles. The van der Waals surface area contributed by atoms with Gasteiger partial charge >= 0.3 is 0 Å². The zero-order valence-corrected chi connectivity index (χ0v) is 19.5. The van der Waals surface area contributed by atoms with Gasteiger partial charge in [0.15, 0.2) is 17.1 Å². The van der Waals surface area contributed by atoms with E-state index in [4.69, 9.17) is 14.2 Å². The van der Waals surface area contributed by atoms with Crippen LogP contribution in [0.1, 0.15) is 15.9 Å².